The van der Waals surface area contributed by atoms with Crippen LogP contribution in [0.15, 0.2) is 146 Å². The van der Waals surface area contributed by atoms with E-state index < -0.39 is 0 Å². The maximum Gasteiger partial charge on any atom is 0.160 e. The molecule has 7 aromatic rings. The molecule has 4 nitrogen and oxygen atoms in total. The van der Waals surface area contributed by atoms with E-state index in [0.29, 0.717) is 11.6 Å². The maximum absolute atomic E-state index is 5.06. The zero-order chi connectivity index (χ0) is 26.7. The molecule has 0 saturated carbocycles. The van der Waals surface area contributed by atoms with Gasteiger partial charge in [0.2, 0.25) is 0 Å². The van der Waals surface area contributed by atoms with Gasteiger partial charge in [0.05, 0.1) is 22.6 Å². The zero-order valence-corrected chi connectivity index (χ0v) is 21.6. The van der Waals surface area contributed by atoms with Gasteiger partial charge in [0, 0.05) is 33.2 Å². The highest BCUT2D eigenvalue weighted by atomic mass is 14.9. The summed E-state index contributed by atoms with van der Waals surface area (Å²) in [6.07, 6.45) is 0. The highest BCUT2D eigenvalue weighted by Gasteiger charge is 2.14. The Kier molecular flexibility index (Phi) is 6.11. The summed E-state index contributed by atoms with van der Waals surface area (Å²) in [5, 5.41) is 1.03. The predicted molar refractivity (Wildman–Crippen MR) is 162 cm³/mol. The molecule has 188 valence electrons. The summed E-state index contributed by atoms with van der Waals surface area (Å²) in [5.74, 6) is 1.37. The summed E-state index contributed by atoms with van der Waals surface area (Å²) in [4.78, 5) is 19.9. The number of nitrogens with zero attached hydrogens (tertiary/aromatic N) is 4. The molecule has 0 unspecified atom stereocenters. The average molecular weight is 513 g/mol. The van der Waals surface area contributed by atoms with Crippen molar-refractivity contribution in [2.45, 2.75) is 0 Å². The Bertz CT molecular complexity index is 1880. The van der Waals surface area contributed by atoms with Crippen LogP contribution in [-0.2, 0) is 0 Å². The van der Waals surface area contributed by atoms with Crippen LogP contribution in [0.1, 0.15) is 0 Å². The van der Waals surface area contributed by atoms with Gasteiger partial charge >= 0.3 is 0 Å². The van der Waals surface area contributed by atoms with Crippen molar-refractivity contribution in [3.63, 3.8) is 0 Å². The number of benzene rings is 5. The first-order valence-corrected chi connectivity index (χ1v) is 13.2. The van der Waals surface area contributed by atoms with Crippen LogP contribution in [0.4, 0.5) is 0 Å². The van der Waals surface area contributed by atoms with E-state index in [0.717, 1.165) is 55.8 Å². The van der Waals surface area contributed by atoms with E-state index in [1.807, 2.05) is 91.0 Å². The van der Waals surface area contributed by atoms with Crippen molar-refractivity contribution >= 4 is 10.9 Å². The fraction of sp³-hybridized carbons (Fsp3) is 0. The molecule has 5 aromatic carbocycles. The van der Waals surface area contributed by atoms with Gasteiger partial charge in [-0.1, -0.05) is 127 Å². The number of fused-ring (bicyclic) bond motifs is 1. The van der Waals surface area contributed by atoms with E-state index in [1.165, 1.54) is 0 Å². The van der Waals surface area contributed by atoms with E-state index >= 15 is 0 Å². The van der Waals surface area contributed by atoms with Gasteiger partial charge in [-0.3, -0.25) is 0 Å². The molecule has 2 aromatic heterocycles. The normalized spacial score (nSPS) is 11.0. The largest absolute Gasteiger partial charge is 0.228 e. The first-order valence-electron chi connectivity index (χ1n) is 13.2. The molecule has 4 heteroatoms. The van der Waals surface area contributed by atoms with Crippen molar-refractivity contribution in [1.29, 1.82) is 0 Å². The SMILES string of the molecule is c1ccc(-c2cc(-c3cccc(-c4nc(-c5ccccc5)c5ccccc5n4)c3)nc(-c3ccccc3)n2)cc1. The molecule has 0 saturated heterocycles. The molecule has 0 aliphatic rings. The second-order valence-electron chi connectivity index (χ2n) is 9.55. The minimum atomic E-state index is 0.681. The van der Waals surface area contributed by atoms with Crippen LogP contribution in [0.2, 0.25) is 0 Å². The topological polar surface area (TPSA) is 51.6 Å². The summed E-state index contributed by atoms with van der Waals surface area (Å²) in [7, 11) is 0. The fourth-order valence-corrected chi connectivity index (χ4v) is 4.91. The molecule has 0 spiro atoms. The molecule has 7 rings (SSSR count). The molecule has 0 atom stereocenters. The van der Waals surface area contributed by atoms with Crippen LogP contribution in [0, 0.1) is 0 Å². The van der Waals surface area contributed by atoms with Crippen LogP contribution in [0.3, 0.4) is 0 Å². The molecular formula is C36H24N4. The van der Waals surface area contributed by atoms with Gasteiger partial charge in [0.15, 0.2) is 11.6 Å². The third-order valence-electron chi connectivity index (χ3n) is 6.89. The molecule has 2 heterocycles. The monoisotopic (exact) mass is 512 g/mol. The number of hydrogen-bond donors (Lipinski definition) is 0. The lowest BCUT2D eigenvalue weighted by Gasteiger charge is -2.11. The summed E-state index contributed by atoms with van der Waals surface area (Å²) < 4.78 is 0. The first kappa shape index (κ1) is 23.6. The minimum Gasteiger partial charge on any atom is -0.228 e. The minimum absolute atomic E-state index is 0.681. The Labute approximate surface area is 232 Å². The Hall–Kier alpha value is -5.48. The Morgan fingerprint density at radius 3 is 1.57 bits per heavy atom. The quantitative estimate of drug-likeness (QED) is 0.231. The molecule has 0 fully saturated rings. The molecule has 0 radical (unpaired) electrons. The third-order valence-corrected chi connectivity index (χ3v) is 6.89. The van der Waals surface area contributed by atoms with Crippen LogP contribution in [0.25, 0.3) is 67.5 Å². The predicted octanol–water partition coefficient (Wildman–Crippen LogP) is 8.75. The van der Waals surface area contributed by atoms with Crippen LogP contribution >= 0.6 is 0 Å². The summed E-state index contributed by atoms with van der Waals surface area (Å²) in [6, 6.07) is 49.1. The maximum atomic E-state index is 5.06. The highest BCUT2D eigenvalue weighted by Crippen LogP contribution is 2.32. The van der Waals surface area contributed by atoms with Gasteiger partial charge in [-0.15, -0.1) is 0 Å². The summed E-state index contributed by atoms with van der Waals surface area (Å²) in [5.41, 5.74) is 8.56. The van der Waals surface area contributed by atoms with E-state index in [2.05, 4.69) is 54.6 Å². The molecule has 0 aliphatic heterocycles. The van der Waals surface area contributed by atoms with Gasteiger partial charge < -0.3 is 0 Å². The highest BCUT2D eigenvalue weighted by molar-refractivity contribution is 5.93. The van der Waals surface area contributed by atoms with Crippen molar-refractivity contribution in [2.75, 3.05) is 0 Å². The van der Waals surface area contributed by atoms with Crippen LogP contribution in [0.5, 0.6) is 0 Å². The van der Waals surface area contributed by atoms with Crippen molar-refractivity contribution < 1.29 is 0 Å². The number of para-hydroxylation sites is 1. The standard InChI is InChI=1S/C36H24N4/c1-4-13-25(14-5-1)32-24-33(39-35(38-32)27-17-8-3-9-18-27)28-19-12-20-29(23-28)36-37-31-22-11-10-21-30(31)34(40-36)26-15-6-2-7-16-26/h1-24H. The van der Waals surface area contributed by atoms with Crippen molar-refractivity contribution in [3.05, 3.63) is 146 Å². The number of aromatic nitrogens is 4. The van der Waals surface area contributed by atoms with E-state index in [9.17, 15) is 0 Å². The van der Waals surface area contributed by atoms with Crippen molar-refractivity contribution in [3.8, 4) is 56.5 Å². The average Bonchev–Trinajstić information content (AvgIpc) is 3.05. The Morgan fingerprint density at radius 2 is 0.850 bits per heavy atom. The molecule has 0 amide bonds. The molecule has 0 bridgehead atoms. The van der Waals surface area contributed by atoms with Gasteiger partial charge in [0.25, 0.3) is 0 Å². The lowest BCUT2D eigenvalue weighted by atomic mass is 10.0. The van der Waals surface area contributed by atoms with Crippen molar-refractivity contribution in [1.82, 2.24) is 19.9 Å². The first-order chi connectivity index (χ1) is 19.8. The zero-order valence-electron chi connectivity index (χ0n) is 21.6. The fourth-order valence-electron chi connectivity index (χ4n) is 4.91. The molecular weight excluding hydrogens is 488 g/mol. The van der Waals surface area contributed by atoms with Crippen LogP contribution in [-0.4, -0.2) is 19.9 Å². The lowest BCUT2D eigenvalue weighted by molar-refractivity contribution is 1.18. The molecule has 0 aliphatic carbocycles. The second kappa shape index (κ2) is 10.4. The van der Waals surface area contributed by atoms with Crippen molar-refractivity contribution in [2.24, 2.45) is 0 Å². The smallest absolute Gasteiger partial charge is 0.160 e. The van der Waals surface area contributed by atoms with Gasteiger partial charge in [-0.25, -0.2) is 19.9 Å². The van der Waals surface area contributed by atoms with E-state index in [4.69, 9.17) is 19.9 Å². The summed E-state index contributed by atoms with van der Waals surface area (Å²) >= 11 is 0. The second-order valence-corrected chi connectivity index (χ2v) is 9.55. The molecule has 0 N–H and O–H groups in total. The van der Waals surface area contributed by atoms with Gasteiger partial charge in [0.1, 0.15) is 0 Å². The third kappa shape index (κ3) is 4.63. The molecule has 40 heavy (non-hydrogen) atoms. The van der Waals surface area contributed by atoms with Gasteiger partial charge in [-0.05, 0) is 18.2 Å². The Morgan fingerprint density at radius 1 is 0.325 bits per heavy atom. The summed E-state index contributed by atoms with van der Waals surface area (Å²) in [6.45, 7) is 0. The Balaban J connectivity index is 1.38. The lowest BCUT2D eigenvalue weighted by Crippen LogP contribution is -1.97. The van der Waals surface area contributed by atoms with Gasteiger partial charge in [-0.2, -0.15) is 0 Å². The van der Waals surface area contributed by atoms with E-state index in [-0.39, 0.29) is 0 Å². The number of hydrogen-bond acceptors (Lipinski definition) is 4. The number of rotatable bonds is 5. The van der Waals surface area contributed by atoms with E-state index in [1.54, 1.807) is 0 Å². The van der Waals surface area contributed by atoms with Crippen LogP contribution < -0.4 is 0 Å².